The van der Waals surface area contributed by atoms with Gasteiger partial charge in [0.05, 0.1) is 33.1 Å². The summed E-state index contributed by atoms with van der Waals surface area (Å²) in [5, 5.41) is 134. The molecule has 15 N–H and O–H groups in total. The molecule has 4 fully saturated rings. The Morgan fingerprint density at radius 3 is 1.63 bits per heavy atom. The minimum Gasteiger partial charge on any atom is -0.394 e. The van der Waals surface area contributed by atoms with Crippen LogP contribution in [0.15, 0.2) is 12.7 Å². The lowest BCUT2D eigenvalue weighted by Gasteiger charge is -2.50. The maximum absolute atomic E-state index is 12.2. The number of rotatable bonds is 18. The van der Waals surface area contributed by atoms with Crippen LogP contribution >= 0.6 is 11.8 Å². The third-order valence-corrected chi connectivity index (χ3v) is 11.1. The summed E-state index contributed by atoms with van der Waals surface area (Å²) in [4.78, 5) is 35.5. The summed E-state index contributed by atoms with van der Waals surface area (Å²) < 4.78 is 39.8. The van der Waals surface area contributed by atoms with Crippen molar-refractivity contribution in [3.63, 3.8) is 0 Å². The first-order chi connectivity index (χ1) is 28.0. The van der Waals surface area contributed by atoms with Crippen LogP contribution in [0, 0.1) is 0 Å². The van der Waals surface area contributed by atoms with Gasteiger partial charge in [-0.3, -0.25) is 14.4 Å². The van der Waals surface area contributed by atoms with Gasteiger partial charge in [-0.25, -0.2) is 0 Å². The molecule has 4 aliphatic rings. The van der Waals surface area contributed by atoms with Crippen LogP contribution in [0.1, 0.15) is 13.3 Å². The van der Waals surface area contributed by atoms with Crippen LogP contribution < -0.4 is 16.0 Å². The molecule has 25 nitrogen and oxygen atoms in total. The molecule has 20 atom stereocenters. The normalized spacial score (nSPS) is 42.7. The lowest BCUT2D eigenvalue weighted by Crippen LogP contribution is -2.69. The number of ether oxygens (including phenoxy) is 7. The zero-order chi connectivity index (χ0) is 43.7. The molecule has 4 aliphatic heterocycles. The Kier molecular flexibility index (Phi) is 19.0. The van der Waals surface area contributed by atoms with Gasteiger partial charge in [-0.05, 0) is 6.08 Å². The van der Waals surface area contributed by atoms with E-state index in [2.05, 4.69) is 22.5 Å². The van der Waals surface area contributed by atoms with Crippen molar-refractivity contribution in [2.45, 2.75) is 135 Å². The number of carbonyl (C=O) groups excluding carboxylic acids is 3. The smallest absolute Gasteiger partial charge is 0.244 e. The van der Waals surface area contributed by atoms with Crippen molar-refractivity contribution in [3.05, 3.63) is 12.7 Å². The molecule has 0 spiro atoms. The van der Waals surface area contributed by atoms with Crippen molar-refractivity contribution < 1.29 is 109 Å². The average molecular weight is 878 g/mol. The van der Waals surface area contributed by atoms with E-state index in [1.54, 1.807) is 0 Å². The van der Waals surface area contributed by atoms with E-state index >= 15 is 0 Å². The predicted octanol–water partition coefficient (Wildman–Crippen LogP) is -9.10. The minimum absolute atomic E-state index is 0.0745. The summed E-state index contributed by atoms with van der Waals surface area (Å²) in [5.74, 6) is -1.63. The monoisotopic (exact) mass is 877 g/mol. The zero-order valence-electron chi connectivity index (χ0n) is 31.6. The Morgan fingerprint density at radius 2 is 1.08 bits per heavy atom. The number of thioether (sulfide) groups is 1. The first-order valence-electron chi connectivity index (χ1n) is 18.5. The molecular formula is C33H55N3O22S. The maximum Gasteiger partial charge on any atom is 0.244 e. The van der Waals surface area contributed by atoms with Crippen molar-refractivity contribution in [3.8, 4) is 0 Å². The van der Waals surface area contributed by atoms with Crippen molar-refractivity contribution in [1.29, 1.82) is 0 Å². The molecule has 4 saturated heterocycles. The Bertz CT molecular complexity index is 1370. The van der Waals surface area contributed by atoms with Crippen LogP contribution in [0.4, 0.5) is 0 Å². The molecule has 0 bridgehead atoms. The first-order valence-corrected chi connectivity index (χ1v) is 19.6. The molecule has 26 heteroatoms. The SMILES string of the molecule is C=CC(=O)NCNC(=O)CCS[C@@H]1O[C@H](CO)[C@@H](O[C@@H]2O[C@H](CO)[C@@H](O[C@@H]3O[C@H](CO)[C@@H](O[C@@H]4O[C@H](CO)[C@H](O)[C@H](O)[C@H]4O)[C@H](O)[C@H]3NC(C)=O)[C@H](O)[C@H]2O)[C@H](O)[C@H]1O. The fraction of sp³-hybridized carbons (Fsp3) is 0.848. The van der Waals surface area contributed by atoms with Crippen LogP contribution in [-0.2, 0) is 47.5 Å². The number of aliphatic hydroxyl groups is 12. The highest BCUT2D eigenvalue weighted by atomic mass is 32.2. The van der Waals surface area contributed by atoms with Gasteiger partial charge in [0.25, 0.3) is 0 Å². The summed E-state index contributed by atoms with van der Waals surface area (Å²) >= 11 is 0.928. The summed E-state index contributed by atoms with van der Waals surface area (Å²) in [6, 6.07) is -1.60. The molecule has 4 heterocycles. The van der Waals surface area contributed by atoms with E-state index < -0.39 is 166 Å². The lowest BCUT2D eigenvalue weighted by molar-refractivity contribution is -0.374. The highest BCUT2D eigenvalue weighted by molar-refractivity contribution is 7.99. The molecule has 0 aromatic heterocycles. The standard InChI is InChI=1S/C33H55N3O22S/c1-3-16(42)34-10-35-17(43)4-5-59-33-26(51)23(48)29(15(9-40)55-33)58-32-25(50)22(47)28(14(8-39)54-32)56-30-18(36-11(2)41)20(45)27(13(7-38)53-30)57-31-24(49)21(46)19(44)12(6-37)52-31/h3,12-15,18-33,37-40,44-51H,1,4-10H2,2H3,(H,34,42)(H,35,43)(H,36,41)/t12-,13-,14-,15-,18-,19+,20-,21+,22-,23-,24-,25-,26-,27-,28-,29-,30+,31+,32+,33+/m1/s1. The minimum atomic E-state index is -2.04. The van der Waals surface area contributed by atoms with Gasteiger partial charge in [0.2, 0.25) is 17.7 Å². The molecule has 4 rings (SSSR count). The third kappa shape index (κ3) is 12.0. The van der Waals surface area contributed by atoms with Crippen molar-refractivity contribution in [2.75, 3.05) is 38.8 Å². The van der Waals surface area contributed by atoms with E-state index in [1.165, 1.54) is 0 Å². The van der Waals surface area contributed by atoms with Gasteiger partial charge in [0.15, 0.2) is 18.9 Å². The fourth-order valence-electron chi connectivity index (χ4n) is 6.73. The number of hydrogen-bond acceptors (Lipinski definition) is 23. The second-order valence-electron chi connectivity index (χ2n) is 14.0. The second kappa shape index (κ2) is 22.7. The summed E-state index contributed by atoms with van der Waals surface area (Å²) in [5.41, 5.74) is -1.17. The van der Waals surface area contributed by atoms with Gasteiger partial charge in [-0.2, -0.15) is 0 Å². The summed E-state index contributed by atoms with van der Waals surface area (Å²) in [6.45, 7) is 0.774. The van der Waals surface area contributed by atoms with E-state index in [4.69, 9.17) is 33.2 Å². The maximum atomic E-state index is 12.2. The van der Waals surface area contributed by atoms with Gasteiger partial charge in [-0.15, -0.1) is 11.8 Å². The number of nitrogens with one attached hydrogen (secondary N) is 3. The number of aliphatic hydroxyl groups excluding tert-OH is 12. The number of amides is 3. The molecule has 0 unspecified atom stereocenters. The Hall–Kier alpha value is -2.26. The predicted molar refractivity (Wildman–Crippen MR) is 192 cm³/mol. The number of hydrogen-bond donors (Lipinski definition) is 15. The van der Waals surface area contributed by atoms with Crippen molar-refractivity contribution in [1.82, 2.24) is 16.0 Å². The molecule has 0 aliphatic carbocycles. The lowest BCUT2D eigenvalue weighted by atomic mass is 9.94. The van der Waals surface area contributed by atoms with Crippen LogP contribution in [0.5, 0.6) is 0 Å². The van der Waals surface area contributed by atoms with Gasteiger partial charge in [0, 0.05) is 19.1 Å². The van der Waals surface area contributed by atoms with Crippen molar-refractivity contribution in [2.24, 2.45) is 0 Å². The van der Waals surface area contributed by atoms with E-state index in [1.807, 2.05) is 0 Å². The molecule has 0 radical (unpaired) electrons. The summed E-state index contributed by atoms with van der Waals surface area (Å²) in [7, 11) is 0. The molecular weight excluding hydrogens is 822 g/mol. The molecule has 340 valence electrons. The van der Waals surface area contributed by atoms with E-state index in [0.717, 1.165) is 24.8 Å². The van der Waals surface area contributed by atoms with E-state index in [0.29, 0.717) is 0 Å². The quantitative estimate of drug-likeness (QED) is 0.0449. The third-order valence-electron chi connectivity index (χ3n) is 9.93. The number of carbonyl (C=O) groups is 3. The van der Waals surface area contributed by atoms with Gasteiger partial charge < -0.3 is 110 Å². The van der Waals surface area contributed by atoms with Crippen LogP contribution in [0.3, 0.4) is 0 Å². The first kappa shape index (κ1) is 49.4. The van der Waals surface area contributed by atoms with Crippen LogP contribution in [-0.4, -0.2) is 240 Å². The Morgan fingerprint density at radius 1 is 0.610 bits per heavy atom. The molecule has 0 saturated carbocycles. The van der Waals surface area contributed by atoms with Crippen molar-refractivity contribution >= 4 is 29.5 Å². The molecule has 0 aromatic carbocycles. The highest BCUT2D eigenvalue weighted by Gasteiger charge is 2.55. The van der Waals surface area contributed by atoms with Crippen LogP contribution in [0.2, 0.25) is 0 Å². The topological polar surface area (TPSA) is 395 Å². The average Bonchev–Trinajstić information content (AvgIpc) is 3.21. The zero-order valence-corrected chi connectivity index (χ0v) is 32.5. The fourth-order valence-corrected chi connectivity index (χ4v) is 7.85. The second-order valence-corrected chi connectivity index (χ2v) is 15.2. The van der Waals surface area contributed by atoms with E-state index in [-0.39, 0.29) is 18.8 Å². The molecule has 59 heavy (non-hydrogen) atoms. The Balaban J connectivity index is 1.41. The van der Waals surface area contributed by atoms with E-state index in [9.17, 15) is 75.7 Å². The summed E-state index contributed by atoms with van der Waals surface area (Å²) in [6.07, 6.45) is -30.3. The largest absolute Gasteiger partial charge is 0.394 e. The highest BCUT2D eigenvalue weighted by Crippen LogP contribution is 2.35. The van der Waals surface area contributed by atoms with Gasteiger partial charge in [-0.1, -0.05) is 6.58 Å². The van der Waals surface area contributed by atoms with Gasteiger partial charge in [0.1, 0.15) is 103 Å². The molecule has 3 amide bonds. The Labute approximate surface area is 340 Å². The van der Waals surface area contributed by atoms with Gasteiger partial charge >= 0.3 is 0 Å². The van der Waals surface area contributed by atoms with Crippen LogP contribution in [0.25, 0.3) is 0 Å². The molecule has 0 aromatic rings.